The first kappa shape index (κ1) is 31.9. The Labute approximate surface area is 288 Å². The molecule has 246 valence electrons. The number of aromatic nitrogens is 2. The number of non-ortho nitro benzene ring substituents is 2. The first-order valence-corrected chi connectivity index (χ1v) is 15.6. The first-order valence-electron chi connectivity index (χ1n) is 15.2. The Bertz CT molecular complexity index is 2290. The van der Waals surface area contributed by atoms with Crippen molar-refractivity contribution >= 4 is 52.2 Å². The standard InChI is InChI=1S/C36H24N6O7S/c43-32-36(33(44)40-35(50)39-32)28(21-7-3-1-4-8-21)26(19-20-11-15-24(16-12-20)41(46)47)31-27(29(36)22-9-5-2-6-10-22)30(37-34(45)38-31)23-13-17-25(18-14-23)42(48)49/h1-19,28-29H,(H,37,38,45)(H2,39,40,43,44,50)/b26-19-. The van der Waals surface area contributed by atoms with Crippen LogP contribution in [-0.2, 0) is 9.59 Å². The summed E-state index contributed by atoms with van der Waals surface area (Å²) in [7, 11) is 0. The molecule has 2 aliphatic rings. The highest BCUT2D eigenvalue weighted by atomic mass is 32.1. The number of thiocarbonyl (C=S) groups is 1. The molecule has 1 saturated heterocycles. The fraction of sp³-hybridized carbons (Fsp3) is 0.0833. The van der Waals surface area contributed by atoms with Crippen LogP contribution in [0.5, 0.6) is 0 Å². The third-order valence-corrected chi connectivity index (χ3v) is 9.22. The molecule has 2 unspecified atom stereocenters. The van der Waals surface area contributed by atoms with Gasteiger partial charge in [0.15, 0.2) is 10.5 Å². The van der Waals surface area contributed by atoms with Gasteiger partial charge < -0.3 is 15.6 Å². The van der Waals surface area contributed by atoms with Crippen molar-refractivity contribution in [1.29, 1.82) is 0 Å². The van der Waals surface area contributed by atoms with E-state index in [-0.39, 0.29) is 27.9 Å². The van der Waals surface area contributed by atoms with E-state index in [2.05, 4.69) is 20.6 Å². The summed E-state index contributed by atoms with van der Waals surface area (Å²) in [5.74, 6) is -3.58. The number of hydrogen-bond donors (Lipinski definition) is 3. The van der Waals surface area contributed by atoms with Gasteiger partial charge in [-0.25, -0.2) is 4.79 Å². The van der Waals surface area contributed by atoms with Crippen LogP contribution in [0, 0.1) is 25.6 Å². The number of aromatic amines is 1. The number of amides is 2. The molecule has 1 aliphatic carbocycles. The average molecular weight is 685 g/mol. The zero-order valence-corrected chi connectivity index (χ0v) is 26.5. The van der Waals surface area contributed by atoms with Crippen molar-refractivity contribution in [3.63, 3.8) is 0 Å². The van der Waals surface area contributed by atoms with Gasteiger partial charge in [0.2, 0.25) is 11.8 Å². The molecular weight excluding hydrogens is 660 g/mol. The fourth-order valence-corrected chi connectivity index (χ4v) is 7.18. The second-order valence-corrected chi connectivity index (χ2v) is 12.1. The molecule has 2 heterocycles. The predicted octanol–water partition coefficient (Wildman–Crippen LogP) is 5.24. The van der Waals surface area contributed by atoms with Crippen LogP contribution in [0.3, 0.4) is 0 Å². The lowest BCUT2D eigenvalue weighted by Gasteiger charge is -2.50. The summed E-state index contributed by atoms with van der Waals surface area (Å²) >= 11 is 5.27. The predicted molar refractivity (Wildman–Crippen MR) is 187 cm³/mol. The molecule has 1 spiro atoms. The van der Waals surface area contributed by atoms with Crippen LogP contribution in [0.4, 0.5) is 11.4 Å². The van der Waals surface area contributed by atoms with Crippen LogP contribution in [0.1, 0.15) is 39.8 Å². The number of benzene rings is 4. The van der Waals surface area contributed by atoms with Gasteiger partial charge in [0.25, 0.3) is 11.4 Å². The van der Waals surface area contributed by atoms with Crippen LogP contribution in [0.15, 0.2) is 114 Å². The van der Waals surface area contributed by atoms with E-state index in [9.17, 15) is 34.6 Å². The molecule has 7 rings (SSSR count). The second-order valence-electron chi connectivity index (χ2n) is 11.7. The van der Waals surface area contributed by atoms with Crippen molar-refractivity contribution < 1.29 is 19.4 Å². The number of nitrogens with one attached hydrogen (secondary N) is 3. The highest BCUT2D eigenvalue weighted by molar-refractivity contribution is 7.80. The van der Waals surface area contributed by atoms with Crippen LogP contribution in [-0.4, -0.2) is 36.7 Å². The monoisotopic (exact) mass is 684 g/mol. The van der Waals surface area contributed by atoms with Gasteiger partial charge in [-0.05, 0) is 70.4 Å². The average Bonchev–Trinajstić information content (AvgIpc) is 3.11. The van der Waals surface area contributed by atoms with Gasteiger partial charge in [-0.15, -0.1) is 0 Å². The summed E-state index contributed by atoms with van der Waals surface area (Å²) in [5, 5.41) is 28.2. The number of hydrogen-bond acceptors (Lipinski definition) is 9. The Hall–Kier alpha value is -6.67. The number of rotatable bonds is 6. The molecule has 13 nitrogen and oxygen atoms in total. The molecule has 3 N–H and O–H groups in total. The lowest BCUT2D eigenvalue weighted by Crippen LogP contribution is -2.67. The maximum absolute atomic E-state index is 14.8. The summed E-state index contributed by atoms with van der Waals surface area (Å²) in [6.07, 6.45) is 1.66. The van der Waals surface area contributed by atoms with E-state index < -0.39 is 44.6 Å². The Kier molecular flexibility index (Phi) is 7.92. The summed E-state index contributed by atoms with van der Waals surface area (Å²) in [5.41, 5.74) is -0.185. The fourth-order valence-electron chi connectivity index (χ4n) is 7.00. The van der Waals surface area contributed by atoms with Crippen molar-refractivity contribution in [3.8, 4) is 11.3 Å². The van der Waals surface area contributed by atoms with E-state index in [4.69, 9.17) is 12.2 Å². The van der Waals surface area contributed by atoms with Crippen molar-refractivity contribution in [2.24, 2.45) is 5.41 Å². The van der Waals surface area contributed by atoms with E-state index in [1.54, 1.807) is 66.7 Å². The molecule has 0 bridgehead atoms. The second kappa shape index (κ2) is 12.4. The largest absolute Gasteiger partial charge is 0.345 e. The number of nitro benzene ring substituents is 2. The molecule has 1 aromatic heterocycles. The molecule has 1 fully saturated rings. The summed E-state index contributed by atoms with van der Waals surface area (Å²) in [6, 6.07) is 28.9. The van der Waals surface area contributed by atoms with Gasteiger partial charge >= 0.3 is 5.69 Å². The minimum absolute atomic E-state index is 0.147. The maximum atomic E-state index is 14.8. The minimum atomic E-state index is -2.00. The topological polar surface area (TPSA) is 190 Å². The van der Waals surface area contributed by atoms with E-state index in [0.29, 0.717) is 33.4 Å². The summed E-state index contributed by atoms with van der Waals surface area (Å²) in [6.45, 7) is 0. The van der Waals surface area contributed by atoms with Gasteiger partial charge in [-0.1, -0.05) is 60.7 Å². The Morgan fingerprint density at radius 2 is 1.20 bits per heavy atom. The number of carbonyl (C=O) groups is 2. The van der Waals surface area contributed by atoms with Gasteiger partial charge in [-0.2, -0.15) is 4.98 Å². The molecule has 4 aromatic carbocycles. The first-order chi connectivity index (χ1) is 24.1. The highest BCUT2D eigenvalue weighted by Crippen LogP contribution is 2.62. The van der Waals surface area contributed by atoms with E-state index in [1.807, 2.05) is 0 Å². The van der Waals surface area contributed by atoms with Gasteiger partial charge in [0.1, 0.15) is 0 Å². The number of nitro groups is 2. The molecule has 0 radical (unpaired) electrons. The maximum Gasteiger partial charge on any atom is 0.345 e. The van der Waals surface area contributed by atoms with Crippen LogP contribution in [0.25, 0.3) is 22.9 Å². The minimum Gasteiger partial charge on any atom is -0.305 e. The summed E-state index contributed by atoms with van der Waals surface area (Å²) < 4.78 is 0. The zero-order chi connectivity index (χ0) is 35.2. The number of allylic oxidation sites excluding steroid dienone is 1. The van der Waals surface area contributed by atoms with Gasteiger partial charge in [0, 0.05) is 41.7 Å². The quantitative estimate of drug-likeness (QED) is 0.0929. The molecule has 2 amide bonds. The number of H-pyrrole nitrogens is 1. The zero-order valence-electron chi connectivity index (χ0n) is 25.7. The molecule has 2 atom stereocenters. The molecule has 50 heavy (non-hydrogen) atoms. The molecule has 0 saturated carbocycles. The summed E-state index contributed by atoms with van der Waals surface area (Å²) in [4.78, 5) is 72.2. The van der Waals surface area contributed by atoms with Crippen molar-refractivity contribution in [2.45, 2.75) is 11.8 Å². The van der Waals surface area contributed by atoms with Gasteiger partial charge in [-0.3, -0.25) is 29.8 Å². The third kappa shape index (κ3) is 5.23. The Morgan fingerprint density at radius 1 is 0.700 bits per heavy atom. The smallest absolute Gasteiger partial charge is 0.305 e. The molecule has 1 aliphatic heterocycles. The van der Waals surface area contributed by atoms with Crippen molar-refractivity contribution in [1.82, 2.24) is 20.6 Å². The third-order valence-electron chi connectivity index (χ3n) is 9.02. The Morgan fingerprint density at radius 3 is 1.72 bits per heavy atom. The molecule has 14 heteroatoms. The van der Waals surface area contributed by atoms with Gasteiger partial charge in [0.05, 0.1) is 21.2 Å². The number of carbonyl (C=O) groups excluding carboxylic acids is 2. The lowest BCUT2D eigenvalue weighted by molar-refractivity contribution is -0.385. The van der Waals surface area contributed by atoms with Crippen LogP contribution < -0.4 is 16.3 Å². The van der Waals surface area contributed by atoms with E-state index in [0.717, 1.165) is 0 Å². The van der Waals surface area contributed by atoms with Crippen molar-refractivity contribution in [3.05, 3.63) is 168 Å². The molecule has 5 aromatic rings. The van der Waals surface area contributed by atoms with Crippen LogP contribution >= 0.6 is 12.2 Å². The SMILES string of the molecule is O=C1NC(=S)NC(=O)C12C(c1ccccc1)/C(=C/c1ccc([N+](=O)[O-])cc1)c1nc(=O)[nH]c(-c3ccc([N+](=O)[O-])cc3)c1C2c1ccccc1. The molecular formula is C36H24N6O7S. The van der Waals surface area contributed by atoms with Crippen molar-refractivity contribution in [2.75, 3.05) is 0 Å². The van der Waals surface area contributed by atoms with E-state index in [1.165, 1.54) is 48.5 Å². The normalized spacial score (nSPS) is 18.6. The van der Waals surface area contributed by atoms with Crippen LogP contribution in [0.2, 0.25) is 0 Å². The lowest BCUT2D eigenvalue weighted by atomic mass is 9.52. The number of nitrogens with zero attached hydrogens (tertiary/aromatic N) is 3. The van der Waals surface area contributed by atoms with E-state index >= 15 is 0 Å². The highest BCUT2D eigenvalue weighted by Gasteiger charge is 2.65. The Balaban J connectivity index is 1.66. The number of fused-ring (bicyclic) bond motifs is 1.